The Morgan fingerprint density at radius 3 is 2.38 bits per heavy atom. The van der Waals surface area contributed by atoms with E-state index in [1.807, 2.05) is 47.8 Å². The Kier molecular flexibility index (Phi) is 7.32. The molecule has 0 bridgehead atoms. The van der Waals surface area contributed by atoms with Crippen LogP contribution in [0.2, 0.25) is 0 Å². The molecule has 166 valence electrons. The van der Waals surface area contributed by atoms with Crippen LogP contribution in [0.3, 0.4) is 0 Å². The fourth-order valence-corrected chi connectivity index (χ4v) is 4.93. The van der Waals surface area contributed by atoms with E-state index in [-0.39, 0.29) is 36.6 Å². The second-order valence-corrected chi connectivity index (χ2v) is 9.24. The molecule has 1 aliphatic carbocycles. The van der Waals surface area contributed by atoms with Crippen LogP contribution in [0.15, 0.2) is 72.1 Å². The molecule has 0 aliphatic heterocycles. The van der Waals surface area contributed by atoms with Crippen LogP contribution in [-0.4, -0.2) is 22.8 Å². The number of carbonyl (C=O) groups is 2. The second kappa shape index (κ2) is 10.6. The lowest BCUT2D eigenvalue weighted by molar-refractivity contribution is -0.141. The lowest BCUT2D eigenvalue weighted by Crippen LogP contribution is -2.46. The molecule has 6 heteroatoms. The van der Waals surface area contributed by atoms with Crippen molar-refractivity contribution in [1.29, 1.82) is 0 Å². The molecule has 1 saturated carbocycles. The number of rotatable bonds is 8. The van der Waals surface area contributed by atoms with Crippen LogP contribution in [-0.2, 0) is 22.6 Å². The first-order valence-corrected chi connectivity index (χ1v) is 11.9. The number of nitrogens with one attached hydrogen (secondary N) is 1. The second-order valence-electron chi connectivity index (χ2n) is 8.21. The van der Waals surface area contributed by atoms with Crippen molar-refractivity contribution in [2.75, 3.05) is 0 Å². The van der Waals surface area contributed by atoms with Gasteiger partial charge in [-0.2, -0.15) is 0 Å². The Morgan fingerprint density at radius 1 is 1.00 bits per heavy atom. The molecule has 1 aromatic heterocycles. The van der Waals surface area contributed by atoms with E-state index in [1.165, 1.54) is 23.5 Å². The van der Waals surface area contributed by atoms with Crippen molar-refractivity contribution in [1.82, 2.24) is 10.2 Å². The van der Waals surface area contributed by atoms with Crippen LogP contribution >= 0.6 is 11.3 Å². The molecule has 0 saturated heterocycles. The number of halogens is 1. The largest absolute Gasteiger partial charge is 0.351 e. The predicted molar refractivity (Wildman–Crippen MR) is 125 cm³/mol. The molecule has 1 heterocycles. The zero-order valence-corrected chi connectivity index (χ0v) is 18.7. The summed E-state index contributed by atoms with van der Waals surface area (Å²) in [5.74, 6) is -0.624. The van der Waals surface area contributed by atoms with Gasteiger partial charge < -0.3 is 10.2 Å². The van der Waals surface area contributed by atoms with Crippen LogP contribution in [0.25, 0.3) is 0 Å². The summed E-state index contributed by atoms with van der Waals surface area (Å²) >= 11 is 1.52. The van der Waals surface area contributed by atoms with Crippen molar-refractivity contribution in [3.63, 3.8) is 0 Å². The topological polar surface area (TPSA) is 49.4 Å². The first kappa shape index (κ1) is 22.2. The van der Waals surface area contributed by atoms with Gasteiger partial charge in [0.1, 0.15) is 11.9 Å². The summed E-state index contributed by atoms with van der Waals surface area (Å²) in [5, 5.41) is 5.12. The smallest absolute Gasteiger partial charge is 0.247 e. The van der Waals surface area contributed by atoms with Gasteiger partial charge in [-0.1, -0.05) is 61.4 Å². The van der Waals surface area contributed by atoms with Gasteiger partial charge in [0, 0.05) is 17.5 Å². The van der Waals surface area contributed by atoms with Gasteiger partial charge in [-0.15, -0.1) is 11.3 Å². The van der Waals surface area contributed by atoms with Crippen molar-refractivity contribution in [2.45, 2.75) is 50.7 Å². The van der Waals surface area contributed by atoms with E-state index in [4.69, 9.17) is 0 Å². The van der Waals surface area contributed by atoms with E-state index in [1.54, 1.807) is 17.0 Å². The highest BCUT2D eigenvalue weighted by Gasteiger charge is 2.33. The fourth-order valence-electron chi connectivity index (χ4n) is 4.23. The van der Waals surface area contributed by atoms with Crippen LogP contribution < -0.4 is 5.32 Å². The Bertz CT molecular complexity index is 1020. The number of hydrogen-bond acceptors (Lipinski definition) is 3. The Balaban J connectivity index is 1.67. The highest BCUT2D eigenvalue weighted by Crippen LogP contribution is 2.27. The van der Waals surface area contributed by atoms with E-state index in [0.29, 0.717) is 0 Å². The van der Waals surface area contributed by atoms with Crippen molar-refractivity contribution >= 4 is 23.2 Å². The maximum atomic E-state index is 13.5. The predicted octanol–water partition coefficient (Wildman–Crippen LogP) is 5.26. The summed E-state index contributed by atoms with van der Waals surface area (Å²) in [6, 6.07) is 18.8. The minimum Gasteiger partial charge on any atom is -0.351 e. The van der Waals surface area contributed by atoms with Crippen molar-refractivity contribution in [3.05, 3.63) is 93.9 Å². The van der Waals surface area contributed by atoms with Crippen LogP contribution in [0, 0.1) is 5.82 Å². The van der Waals surface area contributed by atoms with Crippen LogP contribution in [0.5, 0.6) is 0 Å². The van der Waals surface area contributed by atoms with Gasteiger partial charge in [0.2, 0.25) is 11.8 Å². The number of hydrogen-bond donors (Lipinski definition) is 1. The van der Waals surface area contributed by atoms with E-state index in [9.17, 15) is 14.0 Å². The van der Waals surface area contributed by atoms with E-state index in [2.05, 4.69) is 5.32 Å². The molecule has 1 fully saturated rings. The van der Waals surface area contributed by atoms with Gasteiger partial charge >= 0.3 is 0 Å². The van der Waals surface area contributed by atoms with Crippen LogP contribution in [0.1, 0.15) is 47.7 Å². The summed E-state index contributed by atoms with van der Waals surface area (Å²) in [5.41, 5.74) is 1.55. The minimum atomic E-state index is -0.755. The number of benzene rings is 2. The molecule has 32 heavy (non-hydrogen) atoms. The van der Waals surface area contributed by atoms with Crippen molar-refractivity contribution in [3.8, 4) is 0 Å². The molecule has 4 rings (SSSR count). The normalized spacial score (nSPS) is 14.8. The SMILES string of the molecule is O=C(NC1CCCC1)[C@H](c1ccccc1)N(Cc1ccc(F)cc1)C(=O)Cc1cccs1. The summed E-state index contributed by atoms with van der Waals surface area (Å²) in [7, 11) is 0. The maximum Gasteiger partial charge on any atom is 0.247 e. The molecule has 1 atom stereocenters. The number of nitrogens with zero attached hydrogens (tertiary/aromatic N) is 1. The van der Waals surface area contributed by atoms with Gasteiger partial charge in [0.05, 0.1) is 6.42 Å². The lowest BCUT2D eigenvalue weighted by Gasteiger charge is -2.32. The summed E-state index contributed by atoms with van der Waals surface area (Å²) in [6.07, 6.45) is 4.37. The zero-order chi connectivity index (χ0) is 22.3. The van der Waals surface area contributed by atoms with Gasteiger partial charge in [0.25, 0.3) is 0 Å². The monoisotopic (exact) mass is 450 g/mol. The zero-order valence-electron chi connectivity index (χ0n) is 17.9. The highest BCUT2D eigenvalue weighted by molar-refractivity contribution is 7.10. The molecule has 3 aromatic rings. The first-order valence-electron chi connectivity index (χ1n) is 11.0. The molecule has 2 aromatic carbocycles. The first-order chi connectivity index (χ1) is 15.6. The summed E-state index contributed by atoms with van der Waals surface area (Å²) in [6.45, 7) is 0.224. The van der Waals surface area contributed by atoms with E-state index in [0.717, 1.165) is 41.7 Å². The minimum absolute atomic E-state index is 0.132. The fraction of sp³-hybridized carbons (Fsp3) is 0.308. The van der Waals surface area contributed by atoms with Gasteiger partial charge in [-0.25, -0.2) is 4.39 Å². The summed E-state index contributed by atoms with van der Waals surface area (Å²) in [4.78, 5) is 29.6. The quantitative estimate of drug-likeness (QED) is 0.509. The van der Waals surface area contributed by atoms with Gasteiger partial charge in [0.15, 0.2) is 0 Å². The Labute approximate surface area is 192 Å². The molecule has 0 spiro atoms. The average Bonchev–Trinajstić information content (AvgIpc) is 3.50. The highest BCUT2D eigenvalue weighted by atomic mass is 32.1. The van der Waals surface area contributed by atoms with Crippen molar-refractivity contribution in [2.24, 2.45) is 0 Å². The molecular weight excluding hydrogens is 423 g/mol. The lowest BCUT2D eigenvalue weighted by atomic mass is 10.0. The van der Waals surface area contributed by atoms with E-state index < -0.39 is 6.04 Å². The van der Waals surface area contributed by atoms with Crippen LogP contribution in [0.4, 0.5) is 4.39 Å². The molecule has 4 nitrogen and oxygen atoms in total. The van der Waals surface area contributed by atoms with Gasteiger partial charge in [-0.05, 0) is 47.5 Å². The summed E-state index contributed by atoms with van der Waals surface area (Å²) < 4.78 is 13.5. The third kappa shape index (κ3) is 5.62. The molecule has 2 amide bonds. The molecule has 0 unspecified atom stereocenters. The average molecular weight is 451 g/mol. The third-order valence-corrected chi connectivity index (χ3v) is 6.75. The van der Waals surface area contributed by atoms with Crippen molar-refractivity contribution < 1.29 is 14.0 Å². The standard InChI is InChI=1S/C26H27FN2O2S/c27-21-14-12-19(13-15-21)18-29(24(30)17-23-11-6-16-32-23)25(20-7-2-1-3-8-20)26(31)28-22-9-4-5-10-22/h1-3,6-8,11-16,22,25H,4-5,9-10,17-18H2,(H,28,31)/t25-/m0/s1. The number of thiophene rings is 1. The number of amides is 2. The Hall–Kier alpha value is -2.99. The molecule has 1 aliphatic rings. The molecule has 1 N–H and O–H groups in total. The molecule has 0 radical (unpaired) electrons. The third-order valence-electron chi connectivity index (χ3n) is 5.87. The number of carbonyl (C=O) groups excluding carboxylic acids is 2. The van der Waals surface area contributed by atoms with Gasteiger partial charge in [-0.3, -0.25) is 9.59 Å². The molecular formula is C26H27FN2O2S. The van der Waals surface area contributed by atoms with E-state index >= 15 is 0 Å². The maximum absolute atomic E-state index is 13.5. The Morgan fingerprint density at radius 2 is 1.72 bits per heavy atom.